The van der Waals surface area contributed by atoms with Crippen LogP contribution in [0.3, 0.4) is 0 Å². The Kier molecular flexibility index (Phi) is 4.23. The van der Waals surface area contributed by atoms with Gasteiger partial charge in [-0.2, -0.15) is 0 Å². The molecule has 19 heavy (non-hydrogen) atoms. The SMILES string of the molecule is CN(CCOc1cccc(N)c1)c1ccccc1F. The third kappa shape index (κ3) is 3.61. The van der Waals surface area contributed by atoms with Crippen LogP contribution in [0.2, 0.25) is 0 Å². The number of rotatable bonds is 5. The van der Waals surface area contributed by atoms with Gasteiger partial charge in [0.15, 0.2) is 0 Å². The van der Waals surface area contributed by atoms with E-state index in [0.29, 0.717) is 24.5 Å². The van der Waals surface area contributed by atoms with Crippen LogP contribution in [0.15, 0.2) is 48.5 Å². The third-order valence-electron chi connectivity index (χ3n) is 2.82. The van der Waals surface area contributed by atoms with E-state index in [-0.39, 0.29) is 5.82 Å². The van der Waals surface area contributed by atoms with Gasteiger partial charge in [0.25, 0.3) is 0 Å². The average molecular weight is 260 g/mol. The van der Waals surface area contributed by atoms with Crippen LogP contribution < -0.4 is 15.4 Å². The minimum Gasteiger partial charge on any atom is -0.492 e. The zero-order valence-electron chi connectivity index (χ0n) is 10.8. The van der Waals surface area contributed by atoms with Gasteiger partial charge in [0.1, 0.15) is 18.2 Å². The first kappa shape index (κ1) is 13.2. The number of nitrogens with zero attached hydrogens (tertiary/aromatic N) is 1. The largest absolute Gasteiger partial charge is 0.492 e. The number of para-hydroxylation sites is 1. The molecule has 0 atom stereocenters. The van der Waals surface area contributed by atoms with Crippen LogP contribution in [0.25, 0.3) is 0 Å². The molecule has 0 aliphatic rings. The van der Waals surface area contributed by atoms with E-state index in [1.54, 1.807) is 24.3 Å². The summed E-state index contributed by atoms with van der Waals surface area (Å²) in [7, 11) is 1.83. The van der Waals surface area contributed by atoms with Gasteiger partial charge in [-0.05, 0) is 24.3 Å². The lowest BCUT2D eigenvalue weighted by atomic mass is 10.3. The van der Waals surface area contributed by atoms with Crippen LogP contribution >= 0.6 is 0 Å². The first-order valence-electron chi connectivity index (χ1n) is 6.11. The summed E-state index contributed by atoms with van der Waals surface area (Å²) in [6.07, 6.45) is 0. The fourth-order valence-electron chi connectivity index (χ4n) is 1.79. The molecular formula is C15H17FN2O. The maximum atomic E-state index is 13.5. The van der Waals surface area contributed by atoms with E-state index in [0.717, 1.165) is 5.75 Å². The van der Waals surface area contributed by atoms with E-state index in [4.69, 9.17) is 10.5 Å². The van der Waals surface area contributed by atoms with Crippen LogP contribution in [0.5, 0.6) is 5.75 Å². The molecule has 2 aromatic rings. The molecule has 0 unspecified atom stereocenters. The highest BCUT2D eigenvalue weighted by atomic mass is 19.1. The highest BCUT2D eigenvalue weighted by molar-refractivity contribution is 5.47. The fourth-order valence-corrected chi connectivity index (χ4v) is 1.79. The molecule has 0 bridgehead atoms. The van der Waals surface area contributed by atoms with Crippen molar-refractivity contribution in [3.05, 3.63) is 54.3 Å². The molecule has 0 amide bonds. The van der Waals surface area contributed by atoms with Crippen molar-refractivity contribution in [2.24, 2.45) is 0 Å². The predicted molar refractivity (Wildman–Crippen MR) is 76.0 cm³/mol. The Bertz CT molecular complexity index is 545. The van der Waals surface area contributed by atoms with Gasteiger partial charge in [-0.1, -0.05) is 18.2 Å². The molecule has 100 valence electrons. The van der Waals surface area contributed by atoms with Crippen molar-refractivity contribution >= 4 is 11.4 Å². The Labute approximate surface area is 112 Å². The Morgan fingerprint density at radius 1 is 1.16 bits per heavy atom. The maximum absolute atomic E-state index is 13.5. The van der Waals surface area contributed by atoms with Crippen LogP contribution in [0.1, 0.15) is 0 Å². The number of likely N-dealkylation sites (N-methyl/N-ethyl adjacent to an activating group) is 1. The lowest BCUT2D eigenvalue weighted by Gasteiger charge is -2.20. The predicted octanol–water partition coefficient (Wildman–Crippen LogP) is 2.92. The van der Waals surface area contributed by atoms with E-state index in [9.17, 15) is 4.39 Å². The van der Waals surface area contributed by atoms with Gasteiger partial charge in [-0.15, -0.1) is 0 Å². The zero-order valence-corrected chi connectivity index (χ0v) is 10.8. The average Bonchev–Trinajstić information content (AvgIpc) is 2.39. The molecule has 0 radical (unpaired) electrons. The molecule has 4 heteroatoms. The number of nitrogens with two attached hydrogens (primary N) is 1. The van der Waals surface area contributed by atoms with E-state index in [1.807, 2.05) is 30.1 Å². The number of benzene rings is 2. The molecule has 0 saturated heterocycles. The van der Waals surface area contributed by atoms with E-state index >= 15 is 0 Å². The highest BCUT2D eigenvalue weighted by Gasteiger charge is 2.06. The molecule has 0 spiro atoms. The highest BCUT2D eigenvalue weighted by Crippen LogP contribution is 2.17. The van der Waals surface area contributed by atoms with Gasteiger partial charge < -0.3 is 15.4 Å². The molecule has 0 saturated carbocycles. The van der Waals surface area contributed by atoms with Crippen molar-refractivity contribution in [3.8, 4) is 5.75 Å². The normalized spacial score (nSPS) is 10.2. The monoisotopic (exact) mass is 260 g/mol. The topological polar surface area (TPSA) is 38.5 Å². The maximum Gasteiger partial charge on any atom is 0.146 e. The summed E-state index contributed by atoms with van der Waals surface area (Å²) in [6, 6.07) is 13.9. The van der Waals surface area contributed by atoms with Crippen molar-refractivity contribution in [2.45, 2.75) is 0 Å². The number of ether oxygens (including phenoxy) is 1. The molecule has 0 aromatic heterocycles. The van der Waals surface area contributed by atoms with E-state index in [1.165, 1.54) is 6.07 Å². The molecule has 0 heterocycles. The van der Waals surface area contributed by atoms with E-state index < -0.39 is 0 Å². The number of halogens is 1. The number of anilines is 2. The Hall–Kier alpha value is -2.23. The molecule has 0 aliphatic heterocycles. The number of nitrogen functional groups attached to an aromatic ring is 1. The second-order valence-electron chi connectivity index (χ2n) is 4.29. The van der Waals surface area contributed by atoms with Crippen molar-refractivity contribution in [1.82, 2.24) is 0 Å². The summed E-state index contributed by atoms with van der Waals surface area (Å²) < 4.78 is 19.1. The number of hydrogen-bond donors (Lipinski definition) is 1. The molecule has 0 aliphatic carbocycles. The summed E-state index contributed by atoms with van der Waals surface area (Å²) in [4.78, 5) is 1.82. The Balaban J connectivity index is 1.88. The first-order valence-corrected chi connectivity index (χ1v) is 6.11. The molecule has 0 fully saturated rings. The van der Waals surface area contributed by atoms with Gasteiger partial charge in [0.05, 0.1) is 12.2 Å². The van der Waals surface area contributed by atoms with E-state index in [2.05, 4.69) is 0 Å². The summed E-state index contributed by atoms with van der Waals surface area (Å²) in [5, 5.41) is 0. The second-order valence-corrected chi connectivity index (χ2v) is 4.29. The van der Waals surface area contributed by atoms with Gasteiger partial charge >= 0.3 is 0 Å². The quantitative estimate of drug-likeness (QED) is 0.840. The molecule has 2 rings (SSSR count). The van der Waals surface area contributed by atoms with Gasteiger partial charge in [0.2, 0.25) is 0 Å². The van der Waals surface area contributed by atoms with Crippen LogP contribution in [0, 0.1) is 5.82 Å². The van der Waals surface area contributed by atoms with Gasteiger partial charge in [0, 0.05) is 18.8 Å². The fraction of sp³-hybridized carbons (Fsp3) is 0.200. The summed E-state index contributed by atoms with van der Waals surface area (Å²) in [5.41, 5.74) is 6.90. The van der Waals surface area contributed by atoms with Crippen LogP contribution in [0.4, 0.5) is 15.8 Å². The van der Waals surface area contributed by atoms with Gasteiger partial charge in [-0.25, -0.2) is 4.39 Å². The summed E-state index contributed by atoms with van der Waals surface area (Å²) in [5.74, 6) is 0.496. The van der Waals surface area contributed by atoms with Crippen molar-refractivity contribution in [1.29, 1.82) is 0 Å². The summed E-state index contributed by atoms with van der Waals surface area (Å²) >= 11 is 0. The summed E-state index contributed by atoms with van der Waals surface area (Å²) in [6.45, 7) is 1.06. The first-order chi connectivity index (χ1) is 9.16. The number of hydrogen-bond acceptors (Lipinski definition) is 3. The minimum absolute atomic E-state index is 0.228. The minimum atomic E-state index is -0.228. The smallest absolute Gasteiger partial charge is 0.146 e. The van der Waals surface area contributed by atoms with Crippen molar-refractivity contribution < 1.29 is 9.13 Å². The lowest BCUT2D eigenvalue weighted by Crippen LogP contribution is -2.24. The third-order valence-corrected chi connectivity index (χ3v) is 2.82. The van der Waals surface area contributed by atoms with Crippen LogP contribution in [-0.2, 0) is 0 Å². The second kappa shape index (κ2) is 6.09. The van der Waals surface area contributed by atoms with Crippen molar-refractivity contribution in [2.75, 3.05) is 30.8 Å². The molecular weight excluding hydrogens is 243 g/mol. The van der Waals surface area contributed by atoms with Crippen LogP contribution in [-0.4, -0.2) is 20.2 Å². The zero-order chi connectivity index (χ0) is 13.7. The van der Waals surface area contributed by atoms with Gasteiger partial charge in [-0.3, -0.25) is 0 Å². The Morgan fingerprint density at radius 3 is 2.68 bits per heavy atom. The molecule has 2 N–H and O–H groups in total. The Morgan fingerprint density at radius 2 is 1.95 bits per heavy atom. The molecule has 2 aromatic carbocycles. The molecule has 3 nitrogen and oxygen atoms in total. The standard InChI is InChI=1S/C15H17FN2O/c1-18(15-8-3-2-7-14(15)16)9-10-19-13-6-4-5-12(17)11-13/h2-8,11H,9-10,17H2,1H3. The van der Waals surface area contributed by atoms with Crippen molar-refractivity contribution in [3.63, 3.8) is 0 Å². The lowest BCUT2D eigenvalue weighted by molar-refractivity contribution is 0.326.